The molecule has 12 aromatic rings. The van der Waals surface area contributed by atoms with Crippen molar-refractivity contribution in [1.29, 1.82) is 0 Å². The van der Waals surface area contributed by atoms with Gasteiger partial charge in [-0.15, -0.1) is 0 Å². The SMILES string of the molecule is c1ccc(-c2cccc3cccc(-c4ccccc4N(c4cccc(-c5cccc6oc7ccccc7c56)c4)c4ccccc4-n4c5ccccc5c5ccccc54)c23)cc1. The molecule has 2 heterocycles. The molecule has 286 valence electrons. The number of nitrogens with zero attached hydrogens (tertiary/aromatic N) is 2. The summed E-state index contributed by atoms with van der Waals surface area (Å²) in [7, 11) is 0. The summed E-state index contributed by atoms with van der Waals surface area (Å²) >= 11 is 0. The molecule has 0 aliphatic carbocycles. The highest BCUT2D eigenvalue weighted by molar-refractivity contribution is 6.14. The summed E-state index contributed by atoms with van der Waals surface area (Å²) in [5, 5.41) is 7.12. The molecule has 0 fully saturated rings. The number of hydrogen-bond donors (Lipinski definition) is 0. The maximum Gasteiger partial charge on any atom is 0.136 e. The van der Waals surface area contributed by atoms with Crippen LogP contribution in [0.2, 0.25) is 0 Å². The van der Waals surface area contributed by atoms with Crippen molar-refractivity contribution in [1.82, 2.24) is 4.57 Å². The van der Waals surface area contributed by atoms with Gasteiger partial charge in [-0.25, -0.2) is 0 Å². The average molecular weight is 779 g/mol. The highest BCUT2D eigenvalue weighted by Crippen LogP contribution is 2.48. The van der Waals surface area contributed by atoms with Gasteiger partial charge in [-0.2, -0.15) is 0 Å². The summed E-state index contributed by atoms with van der Waals surface area (Å²) < 4.78 is 8.82. The molecule has 0 saturated carbocycles. The fourth-order valence-corrected chi connectivity index (χ4v) is 9.58. The van der Waals surface area contributed by atoms with Crippen molar-refractivity contribution in [2.24, 2.45) is 0 Å². The largest absolute Gasteiger partial charge is 0.456 e. The fraction of sp³-hybridized carbons (Fsp3) is 0. The van der Waals surface area contributed by atoms with Crippen LogP contribution in [0.4, 0.5) is 17.1 Å². The van der Waals surface area contributed by atoms with Gasteiger partial charge in [0.05, 0.1) is 28.1 Å². The fourth-order valence-electron chi connectivity index (χ4n) is 9.58. The van der Waals surface area contributed by atoms with Crippen LogP contribution in [0.25, 0.3) is 93.6 Å². The molecule has 2 aromatic heterocycles. The zero-order valence-electron chi connectivity index (χ0n) is 33.2. The monoisotopic (exact) mass is 778 g/mol. The Labute approximate surface area is 353 Å². The van der Waals surface area contributed by atoms with Crippen molar-refractivity contribution in [3.05, 3.63) is 231 Å². The van der Waals surface area contributed by atoms with Crippen LogP contribution < -0.4 is 4.90 Å². The lowest BCUT2D eigenvalue weighted by Crippen LogP contribution is -2.14. The second-order valence-electron chi connectivity index (χ2n) is 15.6. The normalized spacial score (nSPS) is 11.6. The van der Waals surface area contributed by atoms with Gasteiger partial charge in [0, 0.05) is 32.8 Å². The number of anilines is 3. The van der Waals surface area contributed by atoms with Gasteiger partial charge in [0.15, 0.2) is 0 Å². The van der Waals surface area contributed by atoms with E-state index in [4.69, 9.17) is 4.42 Å². The predicted molar refractivity (Wildman–Crippen MR) is 257 cm³/mol. The van der Waals surface area contributed by atoms with Crippen molar-refractivity contribution in [2.75, 3.05) is 4.90 Å². The van der Waals surface area contributed by atoms with Crippen LogP contribution in [-0.2, 0) is 0 Å². The van der Waals surface area contributed by atoms with Gasteiger partial charge in [-0.1, -0.05) is 176 Å². The smallest absolute Gasteiger partial charge is 0.136 e. The summed E-state index contributed by atoms with van der Waals surface area (Å²) in [5.41, 5.74) is 15.4. The molecule has 0 saturated heterocycles. The van der Waals surface area contributed by atoms with E-state index >= 15 is 0 Å². The Morgan fingerprint density at radius 3 is 1.67 bits per heavy atom. The van der Waals surface area contributed by atoms with Crippen molar-refractivity contribution in [3.8, 4) is 39.1 Å². The molecule has 0 aliphatic rings. The van der Waals surface area contributed by atoms with Gasteiger partial charge in [-0.3, -0.25) is 0 Å². The van der Waals surface area contributed by atoms with Gasteiger partial charge < -0.3 is 13.9 Å². The van der Waals surface area contributed by atoms with E-state index in [-0.39, 0.29) is 0 Å². The first-order valence-electron chi connectivity index (χ1n) is 20.9. The van der Waals surface area contributed by atoms with Gasteiger partial charge in [0.25, 0.3) is 0 Å². The molecule has 12 rings (SSSR count). The highest BCUT2D eigenvalue weighted by Gasteiger charge is 2.24. The summed E-state index contributed by atoms with van der Waals surface area (Å²) in [6.07, 6.45) is 0. The minimum Gasteiger partial charge on any atom is -0.456 e. The number of aromatic nitrogens is 1. The minimum absolute atomic E-state index is 0.883. The predicted octanol–water partition coefficient (Wildman–Crippen LogP) is 16.3. The molecule has 0 unspecified atom stereocenters. The van der Waals surface area contributed by atoms with Crippen LogP contribution >= 0.6 is 0 Å². The van der Waals surface area contributed by atoms with E-state index in [1.807, 2.05) is 6.07 Å². The summed E-state index contributed by atoms with van der Waals surface area (Å²) in [6.45, 7) is 0. The van der Waals surface area contributed by atoms with E-state index in [9.17, 15) is 0 Å². The van der Waals surface area contributed by atoms with E-state index in [0.717, 1.165) is 61.4 Å². The standard InChI is InChI=1S/C58H38N2O/c1-2-18-39(19-3-1)43-28-15-20-40-21-16-30-48(57(40)43)47-26-6-8-31-50(47)59(42-23-14-22-41(38-42)44-29-17-37-56-58(44)49-27-7-13-36-55(49)61-56)53-34-11-12-35-54(53)60-51-32-9-4-24-45(51)46-25-5-10-33-52(46)60/h1-38H. The molecule has 61 heavy (non-hydrogen) atoms. The Morgan fingerprint density at radius 1 is 0.344 bits per heavy atom. The third-order valence-corrected chi connectivity index (χ3v) is 12.2. The molecule has 0 N–H and O–H groups in total. The summed E-state index contributed by atoms with van der Waals surface area (Å²) in [5.74, 6) is 0. The number of benzene rings is 10. The first kappa shape index (κ1) is 34.9. The third-order valence-electron chi connectivity index (χ3n) is 12.2. The number of furan rings is 1. The van der Waals surface area contributed by atoms with E-state index in [1.54, 1.807) is 0 Å². The number of rotatable bonds is 7. The lowest BCUT2D eigenvalue weighted by atomic mass is 9.90. The number of hydrogen-bond acceptors (Lipinski definition) is 2. The van der Waals surface area contributed by atoms with Crippen LogP contribution in [0.1, 0.15) is 0 Å². The molecule has 10 aromatic carbocycles. The first-order chi connectivity index (χ1) is 30.3. The molecule has 0 spiro atoms. The second-order valence-corrected chi connectivity index (χ2v) is 15.6. The topological polar surface area (TPSA) is 21.3 Å². The van der Waals surface area contributed by atoms with Crippen molar-refractivity contribution in [2.45, 2.75) is 0 Å². The van der Waals surface area contributed by atoms with Crippen LogP contribution in [0.5, 0.6) is 0 Å². The lowest BCUT2D eigenvalue weighted by Gasteiger charge is -2.31. The van der Waals surface area contributed by atoms with Gasteiger partial charge in [0.1, 0.15) is 11.2 Å². The molecule has 0 bridgehead atoms. The summed E-state index contributed by atoms with van der Waals surface area (Å²) in [4.78, 5) is 2.47. The van der Waals surface area contributed by atoms with E-state index in [1.165, 1.54) is 49.3 Å². The highest BCUT2D eigenvalue weighted by atomic mass is 16.3. The van der Waals surface area contributed by atoms with E-state index in [0.29, 0.717) is 0 Å². The molecule has 3 heteroatoms. The van der Waals surface area contributed by atoms with Crippen molar-refractivity contribution < 1.29 is 4.42 Å². The van der Waals surface area contributed by atoms with Crippen LogP contribution in [0.15, 0.2) is 235 Å². The molecule has 3 nitrogen and oxygen atoms in total. The molecule has 0 amide bonds. The Kier molecular flexibility index (Phi) is 8.17. The quantitative estimate of drug-likeness (QED) is 0.161. The van der Waals surface area contributed by atoms with Gasteiger partial charge >= 0.3 is 0 Å². The zero-order chi connectivity index (χ0) is 40.3. The third kappa shape index (κ3) is 5.66. The zero-order valence-corrected chi connectivity index (χ0v) is 33.2. The molecule has 0 aliphatic heterocycles. The molecule has 0 atom stereocenters. The summed E-state index contributed by atoms with van der Waals surface area (Å²) in [6, 6.07) is 83.1. The van der Waals surface area contributed by atoms with Crippen LogP contribution in [0, 0.1) is 0 Å². The molecular formula is C58H38N2O. The van der Waals surface area contributed by atoms with Gasteiger partial charge in [0.2, 0.25) is 0 Å². The van der Waals surface area contributed by atoms with E-state index in [2.05, 4.69) is 234 Å². The Morgan fingerprint density at radius 2 is 0.885 bits per heavy atom. The maximum atomic E-state index is 6.39. The van der Waals surface area contributed by atoms with E-state index < -0.39 is 0 Å². The van der Waals surface area contributed by atoms with Crippen LogP contribution in [0.3, 0.4) is 0 Å². The minimum atomic E-state index is 0.883. The number of para-hydroxylation sites is 6. The second kappa shape index (κ2) is 14.3. The van der Waals surface area contributed by atoms with Gasteiger partial charge in [-0.05, 0) is 93.2 Å². The van der Waals surface area contributed by atoms with Crippen molar-refractivity contribution in [3.63, 3.8) is 0 Å². The molecule has 0 radical (unpaired) electrons. The average Bonchev–Trinajstić information content (AvgIpc) is 3.88. The lowest BCUT2D eigenvalue weighted by molar-refractivity contribution is 0.669. The first-order valence-corrected chi connectivity index (χ1v) is 20.9. The molecular weight excluding hydrogens is 741 g/mol. The number of fused-ring (bicyclic) bond motifs is 7. The maximum absolute atomic E-state index is 6.39. The Balaban J connectivity index is 1.15. The van der Waals surface area contributed by atoms with Crippen LogP contribution in [-0.4, -0.2) is 4.57 Å². The Hall–Kier alpha value is -8.14. The Bertz CT molecular complexity index is 3550. The van der Waals surface area contributed by atoms with Crippen molar-refractivity contribution >= 4 is 71.6 Å².